The van der Waals surface area contributed by atoms with Gasteiger partial charge in [0.1, 0.15) is 0 Å². The summed E-state index contributed by atoms with van der Waals surface area (Å²) in [5.41, 5.74) is 2.22. The molecular weight excluding hydrogens is 387 g/mol. The standard InChI is InChI=1S/C20H12Cl2N2OS/c21-16-8-15(9-17(22)10-16)19(25)24-20-23-18(11-26-20)14-6-5-12-3-1-2-4-13(12)7-14/h1-11H,(H,23,24,25). The number of fused-ring (bicyclic) bond motifs is 1. The Kier molecular flexibility index (Phi) is 4.64. The largest absolute Gasteiger partial charge is 0.298 e. The zero-order valence-electron chi connectivity index (χ0n) is 13.4. The van der Waals surface area contributed by atoms with E-state index in [9.17, 15) is 4.79 Å². The predicted molar refractivity (Wildman–Crippen MR) is 109 cm³/mol. The molecule has 1 aromatic heterocycles. The lowest BCUT2D eigenvalue weighted by atomic mass is 10.1. The molecule has 0 saturated heterocycles. The van der Waals surface area contributed by atoms with Gasteiger partial charge in [0, 0.05) is 26.6 Å². The molecule has 0 aliphatic heterocycles. The first-order valence-electron chi connectivity index (χ1n) is 7.81. The van der Waals surface area contributed by atoms with Crippen molar-refractivity contribution in [2.45, 2.75) is 0 Å². The van der Waals surface area contributed by atoms with Gasteiger partial charge in [0.2, 0.25) is 0 Å². The van der Waals surface area contributed by atoms with Crippen LogP contribution in [0.2, 0.25) is 10.0 Å². The van der Waals surface area contributed by atoms with E-state index in [4.69, 9.17) is 23.2 Å². The highest BCUT2D eigenvalue weighted by molar-refractivity contribution is 7.14. The zero-order chi connectivity index (χ0) is 18.1. The predicted octanol–water partition coefficient (Wildman–Crippen LogP) is 6.52. The van der Waals surface area contributed by atoms with Crippen LogP contribution < -0.4 is 5.32 Å². The Morgan fingerprint density at radius 3 is 2.42 bits per heavy atom. The normalized spacial score (nSPS) is 10.8. The minimum Gasteiger partial charge on any atom is -0.298 e. The number of rotatable bonds is 3. The van der Waals surface area contributed by atoms with Gasteiger partial charge in [0.05, 0.1) is 5.69 Å². The average molecular weight is 399 g/mol. The van der Waals surface area contributed by atoms with Crippen molar-refractivity contribution in [3.8, 4) is 11.3 Å². The first kappa shape index (κ1) is 17.0. The van der Waals surface area contributed by atoms with Gasteiger partial charge in [-0.1, -0.05) is 59.6 Å². The molecule has 1 N–H and O–H groups in total. The number of nitrogens with zero attached hydrogens (tertiary/aromatic N) is 1. The summed E-state index contributed by atoms with van der Waals surface area (Å²) in [6.45, 7) is 0. The summed E-state index contributed by atoms with van der Waals surface area (Å²) in [5.74, 6) is -0.297. The molecule has 0 fully saturated rings. The van der Waals surface area contributed by atoms with Crippen LogP contribution in [-0.4, -0.2) is 10.9 Å². The van der Waals surface area contributed by atoms with E-state index in [0.717, 1.165) is 16.6 Å². The number of carbonyl (C=O) groups excluding carboxylic acids is 1. The summed E-state index contributed by atoms with van der Waals surface area (Å²) < 4.78 is 0. The first-order chi connectivity index (χ1) is 12.6. The number of aromatic nitrogens is 1. The van der Waals surface area contributed by atoms with Crippen LogP contribution in [-0.2, 0) is 0 Å². The molecule has 0 aliphatic rings. The molecule has 3 nitrogen and oxygen atoms in total. The van der Waals surface area contributed by atoms with Crippen LogP contribution in [0, 0.1) is 0 Å². The van der Waals surface area contributed by atoms with E-state index in [1.165, 1.54) is 16.7 Å². The van der Waals surface area contributed by atoms with Crippen LogP contribution in [0.5, 0.6) is 0 Å². The minimum atomic E-state index is -0.297. The van der Waals surface area contributed by atoms with Gasteiger partial charge < -0.3 is 0 Å². The first-order valence-corrected chi connectivity index (χ1v) is 9.44. The van der Waals surface area contributed by atoms with Gasteiger partial charge in [0.15, 0.2) is 5.13 Å². The summed E-state index contributed by atoms with van der Waals surface area (Å²) in [6, 6.07) is 19.1. The molecule has 0 radical (unpaired) electrons. The Labute approximate surface area is 164 Å². The van der Waals surface area contributed by atoms with Gasteiger partial charge in [-0.2, -0.15) is 0 Å². The van der Waals surface area contributed by atoms with Gasteiger partial charge in [-0.15, -0.1) is 11.3 Å². The van der Waals surface area contributed by atoms with Crippen molar-refractivity contribution in [3.05, 3.63) is 81.7 Å². The summed E-state index contributed by atoms with van der Waals surface area (Å²) >= 11 is 13.3. The Morgan fingerprint density at radius 2 is 1.65 bits per heavy atom. The van der Waals surface area contributed by atoms with Crippen molar-refractivity contribution in [1.29, 1.82) is 0 Å². The van der Waals surface area contributed by atoms with Gasteiger partial charge in [-0.05, 0) is 35.0 Å². The fourth-order valence-corrected chi connectivity index (χ4v) is 3.91. The van der Waals surface area contributed by atoms with E-state index in [1.54, 1.807) is 18.2 Å². The third kappa shape index (κ3) is 3.58. The monoisotopic (exact) mass is 398 g/mol. The second-order valence-corrected chi connectivity index (χ2v) is 7.44. The highest BCUT2D eigenvalue weighted by atomic mass is 35.5. The summed E-state index contributed by atoms with van der Waals surface area (Å²) in [5, 5.41) is 8.39. The number of hydrogen-bond donors (Lipinski definition) is 1. The van der Waals surface area contributed by atoms with Crippen molar-refractivity contribution in [2.24, 2.45) is 0 Å². The third-order valence-corrected chi connectivity index (χ3v) is 5.09. The Morgan fingerprint density at radius 1 is 0.923 bits per heavy atom. The van der Waals surface area contributed by atoms with Crippen molar-refractivity contribution in [2.75, 3.05) is 5.32 Å². The van der Waals surface area contributed by atoms with Crippen molar-refractivity contribution < 1.29 is 4.79 Å². The number of amides is 1. The highest BCUT2D eigenvalue weighted by Crippen LogP contribution is 2.28. The van der Waals surface area contributed by atoms with Crippen LogP contribution in [0.25, 0.3) is 22.0 Å². The zero-order valence-corrected chi connectivity index (χ0v) is 15.7. The van der Waals surface area contributed by atoms with E-state index < -0.39 is 0 Å². The molecule has 0 atom stereocenters. The molecule has 3 aromatic carbocycles. The van der Waals surface area contributed by atoms with E-state index >= 15 is 0 Å². The maximum atomic E-state index is 12.4. The smallest absolute Gasteiger partial charge is 0.257 e. The second kappa shape index (κ2) is 7.08. The van der Waals surface area contributed by atoms with Gasteiger partial charge in [-0.3, -0.25) is 10.1 Å². The Balaban J connectivity index is 1.58. The highest BCUT2D eigenvalue weighted by Gasteiger charge is 2.12. The van der Waals surface area contributed by atoms with Crippen LogP contribution in [0.15, 0.2) is 66.0 Å². The average Bonchev–Trinajstić information content (AvgIpc) is 3.09. The van der Waals surface area contributed by atoms with Gasteiger partial charge >= 0.3 is 0 Å². The lowest BCUT2D eigenvalue weighted by Crippen LogP contribution is -2.11. The van der Waals surface area contributed by atoms with E-state index in [0.29, 0.717) is 20.7 Å². The topological polar surface area (TPSA) is 42.0 Å². The number of carbonyl (C=O) groups is 1. The molecule has 0 unspecified atom stereocenters. The quantitative estimate of drug-likeness (QED) is 0.426. The lowest BCUT2D eigenvalue weighted by molar-refractivity contribution is 0.102. The SMILES string of the molecule is O=C(Nc1nc(-c2ccc3ccccc3c2)cs1)c1cc(Cl)cc(Cl)c1. The van der Waals surface area contributed by atoms with E-state index in [2.05, 4.69) is 34.6 Å². The molecule has 128 valence electrons. The van der Waals surface area contributed by atoms with E-state index in [-0.39, 0.29) is 5.91 Å². The summed E-state index contributed by atoms with van der Waals surface area (Å²) in [6.07, 6.45) is 0. The number of nitrogens with one attached hydrogen (secondary N) is 1. The van der Waals surface area contributed by atoms with Crippen molar-refractivity contribution in [1.82, 2.24) is 4.98 Å². The Bertz CT molecular complexity index is 1100. The van der Waals surface area contributed by atoms with Gasteiger partial charge in [-0.25, -0.2) is 4.98 Å². The fraction of sp³-hybridized carbons (Fsp3) is 0. The maximum Gasteiger partial charge on any atom is 0.257 e. The number of hydrogen-bond acceptors (Lipinski definition) is 3. The number of thiazole rings is 1. The Hall–Kier alpha value is -2.40. The second-order valence-electron chi connectivity index (χ2n) is 5.71. The van der Waals surface area contributed by atoms with E-state index in [1.807, 2.05) is 23.6 Å². The molecule has 1 amide bonds. The van der Waals surface area contributed by atoms with Crippen molar-refractivity contribution >= 4 is 56.3 Å². The molecule has 0 spiro atoms. The van der Waals surface area contributed by atoms with Gasteiger partial charge in [0.25, 0.3) is 5.91 Å². The van der Waals surface area contributed by atoms with Crippen LogP contribution >= 0.6 is 34.5 Å². The number of halogens is 2. The molecule has 0 bridgehead atoms. The third-order valence-electron chi connectivity index (χ3n) is 3.89. The molecule has 4 rings (SSSR count). The molecule has 1 heterocycles. The molecule has 0 saturated carbocycles. The fourth-order valence-electron chi connectivity index (χ4n) is 2.67. The lowest BCUT2D eigenvalue weighted by Gasteiger charge is -2.03. The van der Waals surface area contributed by atoms with Crippen LogP contribution in [0.4, 0.5) is 5.13 Å². The molecule has 4 aromatic rings. The number of benzene rings is 3. The molecule has 0 aliphatic carbocycles. The number of anilines is 1. The van der Waals surface area contributed by atoms with Crippen molar-refractivity contribution in [3.63, 3.8) is 0 Å². The maximum absolute atomic E-state index is 12.4. The minimum absolute atomic E-state index is 0.297. The molecule has 6 heteroatoms. The molecule has 26 heavy (non-hydrogen) atoms. The van der Waals surface area contributed by atoms with Crippen LogP contribution in [0.1, 0.15) is 10.4 Å². The summed E-state index contributed by atoms with van der Waals surface area (Å²) in [7, 11) is 0. The molecular formula is C20H12Cl2N2OS. The van der Waals surface area contributed by atoms with Crippen LogP contribution in [0.3, 0.4) is 0 Å². The summed E-state index contributed by atoms with van der Waals surface area (Å²) in [4.78, 5) is 16.9.